The van der Waals surface area contributed by atoms with Crippen LogP contribution in [0.25, 0.3) is 10.1 Å². The molecule has 0 saturated heterocycles. The molecule has 108 valence electrons. The molecule has 0 atom stereocenters. The molecule has 0 unspecified atom stereocenters. The average Bonchev–Trinajstić information content (AvgIpc) is 2.75. The Morgan fingerprint density at radius 1 is 1.35 bits per heavy atom. The molecule has 7 heteroatoms. The zero-order chi connectivity index (χ0) is 14.8. The molecule has 0 fully saturated rings. The molecule has 2 rings (SSSR count). The van der Waals surface area contributed by atoms with E-state index < -0.39 is 11.4 Å². The van der Waals surface area contributed by atoms with Gasteiger partial charge in [-0.2, -0.15) is 0 Å². The molecule has 1 aromatic carbocycles. The predicted octanol–water partition coefficient (Wildman–Crippen LogP) is -0.0775. The molecule has 0 aliphatic carbocycles. The van der Waals surface area contributed by atoms with E-state index in [2.05, 4.69) is 5.32 Å². The molecule has 1 amide bonds. The summed E-state index contributed by atoms with van der Waals surface area (Å²) in [5.41, 5.74) is -1.30. The van der Waals surface area contributed by atoms with Crippen LogP contribution in [-0.2, 0) is 11.3 Å². The summed E-state index contributed by atoms with van der Waals surface area (Å²) in [5, 5.41) is 21.4. The topological polar surface area (TPSA) is 91.6 Å². The van der Waals surface area contributed by atoms with E-state index in [1.165, 1.54) is 22.4 Å². The number of aliphatic hydroxyl groups excluding tert-OH is 2. The number of fused-ring (bicyclic) bond motifs is 1. The Bertz CT molecular complexity index is 672. The fourth-order valence-corrected chi connectivity index (χ4v) is 2.75. The molecular formula is C13H16N2O4S. The number of carbonyl (C=O) groups is 1. The highest BCUT2D eigenvalue weighted by molar-refractivity contribution is 7.13. The van der Waals surface area contributed by atoms with Gasteiger partial charge in [-0.3, -0.25) is 13.5 Å². The molecule has 0 saturated carbocycles. The van der Waals surface area contributed by atoms with E-state index in [1.807, 2.05) is 12.1 Å². The number of aromatic nitrogens is 1. The van der Waals surface area contributed by atoms with Crippen LogP contribution >= 0.6 is 11.5 Å². The Morgan fingerprint density at radius 3 is 2.60 bits per heavy atom. The van der Waals surface area contributed by atoms with E-state index in [1.54, 1.807) is 12.1 Å². The molecule has 2 aromatic rings. The second kappa shape index (κ2) is 5.74. The summed E-state index contributed by atoms with van der Waals surface area (Å²) in [4.78, 5) is 24.0. The van der Waals surface area contributed by atoms with Crippen molar-refractivity contribution in [1.29, 1.82) is 0 Å². The molecule has 1 aromatic heterocycles. The van der Waals surface area contributed by atoms with Crippen molar-refractivity contribution in [3.8, 4) is 0 Å². The van der Waals surface area contributed by atoms with Crippen molar-refractivity contribution in [3.63, 3.8) is 0 Å². The van der Waals surface area contributed by atoms with Crippen molar-refractivity contribution in [2.45, 2.75) is 19.0 Å². The van der Waals surface area contributed by atoms with Crippen LogP contribution in [0, 0.1) is 0 Å². The van der Waals surface area contributed by atoms with Crippen molar-refractivity contribution < 1.29 is 15.0 Å². The first-order valence-electron chi connectivity index (χ1n) is 6.11. The van der Waals surface area contributed by atoms with Gasteiger partial charge in [-0.25, -0.2) is 0 Å². The molecule has 0 radical (unpaired) electrons. The van der Waals surface area contributed by atoms with Gasteiger partial charge < -0.3 is 15.5 Å². The molecule has 0 spiro atoms. The number of amides is 1. The summed E-state index contributed by atoms with van der Waals surface area (Å²) in [6.07, 6.45) is 0. The molecule has 0 bridgehead atoms. The van der Waals surface area contributed by atoms with Gasteiger partial charge in [0.15, 0.2) is 0 Å². The molecule has 6 nitrogen and oxygen atoms in total. The Kier molecular flexibility index (Phi) is 4.22. The first kappa shape index (κ1) is 14.7. The van der Waals surface area contributed by atoms with Gasteiger partial charge in [-0.15, -0.1) is 0 Å². The molecule has 0 aliphatic heterocycles. The fourth-order valence-electron chi connectivity index (χ4n) is 1.76. The molecule has 20 heavy (non-hydrogen) atoms. The number of rotatable bonds is 5. The SMILES string of the molecule is CC(CO)(CO)NC(=O)Cn1sc2ccccc2c1=O. The maximum absolute atomic E-state index is 12.1. The third kappa shape index (κ3) is 2.90. The predicted molar refractivity (Wildman–Crippen MR) is 76.8 cm³/mol. The van der Waals surface area contributed by atoms with Crippen LogP contribution in [0.4, 0.5) is 0 Å². The molecular weight excluding hydrogens is 280 g/mol. The van der Waals surface area contributed by atoms with Crippen molar-refractivity contribution in [3.05, 3.63) is 34.6 Å². The van der Waals surface area contributed by atoms with Crippen LogP contribution in [0.2, 0.25) is 0 Å². The smallest absolute Gasteiger partial charge is 0.268 e. The van der Waals surface area contributed by atoms with Gasteiger partial charge in [0.1, 0.15) is 6.54 Å². The van der Waals surface area contributed by atoms with Crippen molar-refractivity contribution in [2.75, 3.05) is 13.2 Å². The van der Waals surface area contributed by atoms with E-state index in [-0.39, 0.29) is 25.3 Å². The van der Waals surface area contributed by atoms with Crippen LogP contribution in [-0.4, -0.2) is 38.8 Å². The third-order valence-corrected chi connectivity index (χ3v) is 4.05. The minimum atomic E-state index is -1.09. The highest BCUT2D eigenvalue weighted by Gasteiger charge is 2.25. The van der Waals surface area contributed by atoms with Gasteiger partial charge >= 0.3 is 0 Å². The zero-order valence-electron chi connectivity index (χ0n) is 11.0. The lowest BCUT2D eigenvalue weighted by molar-refractivity contribution is -0.124. The van der Waals surface area contributed by atoms with Crippen molar-refractivity contribution >= 4 is 27.5 Å². The normalized spacial score (nSPS) is 11.8. The Labute approximate surface area is 119 Å². The zero-order valence-corrected chi connectivity index (χ0v) is 11.8. The van der Waals surface area contributed by atoms with Crippen molar-refractivity contribution in [2.24, 2.45) is 0 Å². The highest BCUT2D eigenvalue weighted by Crippen LogP contribution is 2.15. The maximum atomic E-state index is 12.1. The standard InChI is InChI=1S/C13H16N2O4S/c1-13(7-16,8-17)14-11(18)6-15-12(19)9-4-2-3-5-10(9)20-15/h2-5,16-17H,6-8H2,1H3,(H,14,18). The van der Waals surface area contributed by atoms with Crippen molar-refractivity contribution in [1.82, 2.24) is 9.27 Å². The summed E-state index contributed by atoms with van der Waals surface area (Å²) in [6.45, 7) is 0.638. The van der Waals surface area contributed by atoms with E-state index in [9.17, 15) is 9.59 Å². The lowest BCUT2D eigenvalue weighted by atomic mass is 10.1. The van der Waals surface area contributed by atoms with E-state index in [4.69, 9.17) is 10.2 Å². The van der Waals surface area contributed by atoms with Crippen LogP contribution in [0.3, 0.4) is 0 Å². The fraction of sp³-hybridized carbons (Fsp3) is 0.385. The molecule has 3 N–H and O–H groups in total. The summed E-state index contributed by atoms with van der Waals surface area (Å²) < 4.78 is 2.17. The summed E-state index contributed by atoms with van der Waals surface area (Å²) >= 11 is 1.21. The van der Waals surface area contributed by atoms with Crippen LogP contribution in [0.5, 0.6) is 0 Å². The largest absolute Gasteiger partial charge is 0.394 e. The lowest BCUT2D eigenvalue weighted by Crippen LogP contribution is -2.52. The highest BCUT2D eigenvalue weighted by atomic mass is 32.1. The monoisotopic (exact) mass is 296 g/mol. The van der Waals surface area contributed by atoms with Gasteiger partial charge in [0.2, 0.25) is 5.91 Å². The van der Waals surface area contributed by atoms with Crippen LogP contribution in [0.1, 0.15) is 6.92 Å². The number of nitrogens with zero attached hydrogens (tertiary/aromatic N) is 1. The number of hydrogen-bond donors (Lipinski definition) is 3. The number of carbonyl (C=O) groups excluding carboxylic acids is 1. The van der Waals surface area contributed by atoms with Gasteiger partial charge in [0, 0.05) is 0 Å². The average molecular weight is 296 g/mol. The summed E-state index contributed by atoms with van der Waals surface area (Å²) in [5.74, 6) is -0.427. The number of hydrogen-bond acceptors (Lipinski definition) is 5. The Hall–Kier alpha value is -1.70. The quantitative estimate of drug-likeness (QED) is 0.720. The second-order valence-corrected chi connectivity index (χ2v) is 5.92. The summed E-state index contributed by atoms with van der Waals surface area (Å²) in [7, 11) is 0. The second-order valence-electron chi connectivity index (χ2n) is 4.85. The van der Waals surface area contributed by atoms with Gasteiger partial charge in [-0.05, 0) is 19.1 Å². The summed E-state index contributed by atoms with van der Waals surface area (Å²) in [6, 6.07) is 7.14. The molecule has 1 heterocycles. The van der Waals surface area contributed by atoms with E-state index >= 15 is 0 Å². The van der Waals surface area contributed by atoms with Gasteiger partial charge in [0.25, 0.3) is 5.56 Å². The van der Waals surface area contributed by atoms with Crippen LogP contribution in [0.15, 0.2) is 29.1 Å². The number of aliphatic hydroxyl groups is 2. The van der Waals surface area contributed by atoms with Gasteiger partial charge in [0.05, 0.1) is 28.8 Å². The maximum Gasteiger partial charge on any atom is 0.268 e. The third-order valence-electron chi connectivity index (χ3n) is 2.98. The minimum absolute atomic E-state index is 0.131. The van der Waals surface area contributed by atoms with E-state index in [0.717, 1.165) is 4.70 Å². The first-order chi connectivity index (χ1) is 9.49. The van der Waals surface area contributed by atoms with Gasteiger partial charge in [-0.1, -0.05) is 23.7 Å². The molecule has 0 aliphatic rings. The Balaban J connectivity index is 2.18. The van der Waals surface area contributed by atoms with E-state index in [0.29, 0.717) is 5.39 Å². The first-order valence-corrected chi connectivity index (χ1v) is 6.88. The number of benzene rings is 1. The lowest BCUT2D eigenvalue weighted by Gasteiger charge is -2.26. The minimum Gasteiger partial charge on any atom is -0.394 e. The Morgan fingerprint density at radius 2 is 2.00 bits per heavy atom. The number of nitrogens with one attached hydrogen (secondary N) is 1. The van der Waals surface area contributed by atoms with Crippen LogP contribution < -0.4 is 10.9 Å².